The second-order valence-corrected chi connectivity index (χ2v) is 4.69. The van der Waals surface area contributed by atoms with Gasteiger partial charge in [0.15, 0.2) is 0 Å². The molecular formula is C17H16FN3O2. The maximum absolute atomic E-state index is 13.4. The number of nitrogens with zero attached hydrogens (tertiary/aromatic N) is 1. The molecule has 0 fully saturated rings. The Balaban J connectivity index is 1.95. The highest BCUT2D eigenvalue weighted by Crippen LogP contribution is 2.15. The minimum absolute atomic E-state index is 0.213. The van der Waals surface area contributed by atoms with Crippen LogP contribution < -0.4 is 10.7 Å². The number of aryl methyl sites for hydroxylation is 1. The van der Waals surface area contributed by atoms with Crippen molar-refractivity contribution in [2.75, 3.05) is 5.32 Å². The summed E-state index contributed by atoms with van der Waals surface area (Å²) in [5.74, 6) is -2.23. The van der Waals surface area contributed by atoms with Gasteiger partial charge in [-0.1, -0.05) is 43.3 Å². The maximum Gasteiger partial charge on any atom is 0.329 e. The molecule has 2 N–H and O–H groups in total. The van der Waals surface area contributed by atoms with Crippen molar-refractivity contribution in [3.8, 4) is 0 Å². The highest BCUT2D eigenvalue weighted by Gasteiger charge is 2.14. The lowest BCUT2D eigenvalue weighted by Gasteiger charge is -2.08. The van der Waals surface area contributed by atoms with Crippen LogP contribution in [0.3, 0.4) is 0 Å². The van der Waals surface area contributed by atoms with Crippen molar-refractivity contribution in [2.45, 2.75) is 13.3 Å². The third-order valence-corrected chi connectivity index (χ3v) is 3.13. The molecule has 2 rings (SSSR count). The number of carbonyl (C=O) groups excluding carboxylic acids is 2. The second-order valence-electron chi connectivity index (χ2n) is 4.69. The van der Waals surface area contributed by atoms with E-state index >= 15 is 0 Å². The van der Waals surface area contributed by atoms with Crippen molar-refractivity contribution in [1.29, 1.82) is 0 Å². The Morgan fingerprint density at radius 1 is 1.09 bits per heavy atom. The fourth-order valence-electron chi connectivity index (χ4n) is 1.92. The van der Waals surface area contributed by atoms with Crippen LogP contribution in [0.2, 0.25) is 0 Å². The predicted molar refractivity (Wildman–Crippen MR) is 86.6 cm³/mol. The van der Waals surface area contributed by atoms with Crippen molar-refractivity contribution in [1.82, 2.24) is 5.43 Å². The van der Waals surface area contributed by atoms with Gasteiger partial charge in [0.2, 0.25) is 0 Å². The van der Waals surface area contributed by atoms with Gasteiger partial charge in [-0.05, 0) is 24.1 Å². The van der Waals surface area contributed by atoms with Crippen LogP contribution >= 0.6 is 0 Å². The molecule has 0 heterocycles. The summed E-state index contributed by atoms with van der Waals surface area (Å²) in [6, 6.07) is 13.2. The molecule has 2 aromatic rings. The zero-order valence-corrected chi connectivity index (χ0v) is 12.5. The third kappa shape index (κ3) is 4.47. The predicted octanol–water partition coefficient (Wildman–Crippen LogP) is 2.48. The lowest BCUT2D eigenvalue weighted by atomic mass is 10.1. The first-order valence-electron chi connectivity index (χ1n) is 7.08. The molecular weight excluding hydrogens is 297 g/mol. The van der Waals surface area contributed by atoms with Gasteiger partial charge in [-0.15, -0.1) is 0 Å². The van der Waals surface area contributed by atoms with Gasteiger partial charge in [-0.2, -0.15) is 5.10 Å². The molecule has 5 nitrogen and oxygen atoms in total. The molecule has 23 heavy (non-hydrogen) atoms. The number of hydrogen-bond acceptors (Lipinski definition) is 3. The van der Waals surface area contributed by atoms with Gasteiger partial charge in [0.05, 0.1) is 6.21 Å². The summed E-state index contributed by atoms with van der Waals surface area (Å²) in [4.78, 5) is 23.5. The van der Waals surface area contributed by atoms with Crippen LogP contribution in [0.1, 0.15) is 18.1 Å². The topological polar surface area (TPSA) is 70.6 Å². The first-order valence-corrected chi connectivity index (χ1v) is 7.08. The van der Waals surface area contributed by atoms with Gasteiger partial charge in [-0.25, -0.2) is 9.82 Å². The molecule has 0 spiro atoms. The Bertz CT molecular complexity index is 744. The van der Waals surface area contributed by atoms with Crippen LogP contribution in [-0.2, 0) is 16.0 Å². The SMILES string of the molecule is CCc1ccccc1NC(=O)C(=O)N/N=C\c1ccccc1F. The number of nitrogens with one attached hydrogen (secondary N) is 2. The first-order chi connectivity index (χ1) is 11.1. The number of amides is 2. The van der Waals surface area contributed by atoms with E-state index in [1.165, 1.54) is 12.1 Å². The average molecular weight is 313 g/mol. The van der Waals surface area contributed by atoms with Gasteiger partial charge < -0.3 is 5.32 Å². The smallest absolute Gasteiger partial charge is 0.317 e. The molecule has 0 aliphatic carbocycles. The zero-order valence-electron chi connectivity index (χ0n) is 12.5. The minimum atomic E-state index is -0.927. The first kappa shape index (κ1) is 16.4. The van der Waals surface area contributed by atoms with E-state index in [2.05, 4.69) is 15.8 Å². The van der Waals surface area contributed by atoms with Crippen molar-refractivity contribution in [3.63, 3.8) is 0 Å². The molecule has 0 radical (unpaired) electrons. The van der Waals surface area contributed by atoms with Crippen molar-refractivity contribution >= 4 is 23.7 Å². The van der Waals surface area contributed by atoms with Crippen molar-refractivity contribution in [3.05, 3.63) is 65.5 Å². The minimum Gasteiger partial charge on any atom is -0.317 e. The number of para-hydroxylation sites is 1. The number of carbonyl (C=O) groups is 2. The van der Waals surface area contributed by atoms with E-state index in [-0.39, 0.29) is 5.56 Å². The third-order valence-electron chi connectivity index (χ3n) is 3.13. The second kappa shape index (κ2) is 7.84. The summed E-state index contributed by atoms with van der Waals surface area (Å²) < 4.78 is 13.4. The molecule has 2 amide bonds. The highest BCUT2D eigenvalue weighted by molar-refractivity contribution is 6.39. The normalized spacial score (nSPS) is 10.5. The van der Waals surface area contributed by atoms with E-state index in [1.54, 1.807) is 24.3 Å². The van der Waals surface area contributed by atoms with E-state index < -0.39 is 17.6 Å². The number of hydrazone groups is 1. The van der Waals surface area contributed by atoms with Crippen molar-refractivity contribution < 1.29 is 14.0 Å². The largest absolute Gasteiger partial charge is 0.329 e. The number of anilines is 1. The standard InChI is InChI=1S/C17H16FN3O2/c1-2-12-7-4-6-10-15(12)20-16(22)17(23)21-19-11-13-8-3-5-9-14(13)18/h3-11H,2H2,1H3,(H,20,22)(H,21,23)/b19-11-. The van der Waals surface area contributed by atoms with E-state index in [0.29, 0.717) is 5.69 Å². The Morgan fingerprint density at radius 2 is 1.78 bits per heavy atom. The molecule has 0 saturated heterocycles. The fraction of sp³-hybridized carbons (Fsp3) is 0.118. The Morgan fingerprint density at radius 3 is 2.52 bits per heavy atom. The average Bonchev–Trinajstić information content (AvgIpc) is 2.57. The number of benzene rings is 2. The van der Waals surface area contributed by atoms with Gasteiger partial charge in [0.25, 0.3) is 0 Å². The summed E-state index contributed by atoms with van der Waals surface area (Å²) in [7, 11) is 0. The number of rotatable bonds is 4. The number of halogens is 1. The Kier molecular flexibility index (Phi) is 5.57. The van der Waals surface area contributed by atoms with Gasteiger partial charge in [-0.3, -0.25) is 9.59 Å². The quantitative estimate of drug-likeness (QED) is 0.517. The molecule has 0 aliphatic heterocycles. The molecule has 0 unspecified atom stereocenters. The van der Waals surface area contributed by atoms with Crippen LogP contribution in [0.5, 0.6) is 0 Å². The molecule has 0 aromatic heterocycles. The molecule has 2 aromatic carbocycles. The fourth-order valence-corrected chi connectivity index (χ4v) is 1.92. The highest BCUT2D eigenvalue weighted by atomic mass is 19.1. The lowest BCUT2D eigenvalue weighted by Crippen LogP contribution is -2.32. The monoisotopic (exact) mass is 313 g/mol. The Hall–Kier alpha value is -3.02. The van der Waals surface area contributed by atoms with Crippen molar-refractivity contribution in [2.24, 2.45) is 5.10 Å². The van der Waals surface area contributed by atoms with E-state index in [0.717, 1.165) is 18.2 Å². The lowest BCUT2D eigenvalue weighted by molar-refractivity contribution is -0.136. The van der Waals surface area contributed by atoms with E-state index in [9.17, 15) is 14.0 Å². The summed E-state index contributed by atoms with van der Waals surface area (Å²) in [5.41, 5.74) is 3.78. The van der Waals surface area contributed by atoms with Gasteiger partial charge in [0, 0.05) is 11.3 Å². The van der Waals surface area contributed by atoms with Crippen LogP contribution in [-0.4, -0.2) is 18.0 Å². The molecule has 0 bridgehead atoms. The maximum atomic E-state index is 13.4. The van der Waals surface area contributed by atoms with E-state index in [4.69, 9.17) is 0 Å². The molecule has 0 aliphatic rings. The summed E-state index contributed by atoms with van der Waals surface area (Å²) in [6.07, 6.45) is 1.87. The molecule has 6 heteroatoms. The molecule has 118 valence electrons. The molecule has 0 atom stereocenters. The van der Waals surface area contributed by atoms with Crippen LogP contribution in [0.15, 0.2) is 53.6 Å². The summed E-state index contributed by atoms with van der Waals surface area (Å²) >= 11 is 0. The summed E-state index contributed by atoms with van der Waals surface area (Å²) in [5, 5.41) is 6.10. The van der Waals surface area contributed by atoms with Crippen LogP contribution in [0, 0.1) is 5.82 Å². The van der Waals surface area contributed by atoms with E-state index in [1.807, 2.05) is 19.1 Å². The van der Waals surface area contributed by atoms with Crippen LogP contribution in [0.25, 0.3) is 0 Å². The number of hydrogen-bond donors (Lipinski definition) is 2. The van der Waals surface area contributed by atoms with Gasteiger partial charge >= 0.3 is 11.8 Å². The Labute approximate surface area is 133 Å². The zero-order chi connectivity index (χ0) is 16.7. The summed E-state index contributed by atoms with van der Waals surface area (Å²) in [6.45, 7) is 1.95. The van der Waals surface area contributed by atoms with Gasteiger partial charge in [0.1, 0.15) is 5.82 Å². The molecule has 0 saturated carbocycles. The van der Waals surface area contributed by atoms with Crippen LogP contribution in [0.4, 0.5) is 10.1 Å².